The van der Waals surface area contributed by atoms with E-state index in [9.17, 15) is 13.2 Å². The van der Waals surface area contributed by atoms with Crippen molar-refractivity contribution < 1.29 is 17.9 Å². The summed E-state index contributed by atoms with van der Waals surface area (Å²) in [4.78, 5) is 20.5. The highest BCUT2D eigenvalue weighted by Gasteiger charge is 2.24. The van der Waals surface area contributed by atoms with Crippen LogP contribution in [0.2, 0.25) is 5.02 Å². The van der Waals surface area contributed by atoms with Gasteiger partial charge in [0.1, 0.15) is 5.75 Å². The van der Waals surface area contributed by atoms with E-state index in [1.807, 2.05) is 26.0 Å². The molecule has 0 aliphatic rings. The van der Waals surface area contributed by atoms with Gasteiger partial charge in [0.25, 0.3) is 5.91 Å². The predicted molar refractivity (Wildman–Crippen MR) is 115 cm³/mol. The second-order valence-corrected chi connectivity index (χ2v) is 8.71. The van der Waals surface area contributed by atoms with Crippen LogP contribution in [-0.2, 0) is 15.6 Å². The largest absolute Gasteiger partial charge is 0.492 e. The van der Waals surface area contributed by atoms with Crippen LogP contribution >= 0.6 is 11.6 Å². The molecule has 0 saturated carbocycles. The molecule has 3 aromatic rings. The first-order valence-corrected chi connectivity index (χ1v) is 11.2. The smallest absolute Gasteiger partial charge is 0.276 e. The van der Waals surface area contributed by atoms with E-state index in [0.717, 1.165) is 11.8 Å². The number of nitrogens with one attached hydrogen (secondary N) is 1. The molecule has 0 unspecified atom stereocenters. The highest BCUT2D eigenvalue weighted by molar-refractivity contribution is 7.90. The number of ether oxygens (including phenoxy) is 1. The van der Waals surface area contributed by atoms with Gasteiger partial charge in [-0.2, -0.15) is 0 Å². The second kappa shape index (κ2) is 9.23. The van der Waals surface area contributed by atoms with E-state index in [4.69, 9.17) is 16.3 Å². The molecule has 2 aromatic carbocycles. The third kappa shape index (κ3) is 4.95. The quantitative estimate of drug-likeness (QED) is 0.550. The predicted octanol–water partition coefficient (Wildman–Crippen LogP) is 4.06. The number of sulfone groups is 1. The third-order valence-corrected chi connectivity index (χ3v) is 5.98. The van der Waals surface area contributed by atoms with E-state index in [1.165, 1.54) is 0 Å². The van der Waals surface area contributed by atoms with Gasteiger partial charge in [0.15, 0.2) is 5.69 Å². The monoisotopic (exact) mass is 445 g/mol. The Morgan fingerprint density at radius 2 is 1.83 bits per heavy atom. The molecule has 156 valence electrons. The van der Waals surface area contributed by atoms with E-state index >= 15 is 0 Å². The summed E-state index contributed by atoms with van der Waals surface area (Å²) in [6, 6.07) is 14.0. The second-order valence-electron chi connectivity index (χ2n) is 6.42. The van der Waals surface area contributed by atoms with Crippen LogP contribution in [0, 0.1) is 6.92 Å². The molecule has 0 bridgehead atoms. The minimum absolute atomic E-state index is 0.0590. The fourth-order valence-electron chi connectivity index (χ4n) is 2.73. The standard InChI is InChI=1S/C21H20ClN3O4S/c1-3-29-18-11-7-6-10-17(18)24-20(26)19-16(22)12-23-21(25-19)30(27,28)13-15-9-5-4-8-14(15)2/h4-12H,3,13H2,1-2H3,(H,24,26). The number of hydrogen-bond donors (Lipinski definition) is 1. The minimum atomic E-state index is -3.88. The number of amides is 1. The van der Waals surface area contributed by atoms with Gasteiger partial charge in [-0.3, -0.25) is 4.79 Å². The van der Waals surface area contributed by atoms with Gasteiger partial charge in [0, 0.05) is 0 Å². The Bertz CT molecular complexity index is 1180. The van der Waals surface area contributed by atoms with E-state index in [-0.39, 0.29) is 16.5 Å². The Morgan fingerprint density at radius 3 is 2.57 bits per heavy atom. The summed E-state index contributed by atoms with van der Waals surface area (Å²) < 4.78 is 31.1. The molecule has 0 fully saturated rings. The number of benzene rings is 2. The Hall–Kier alpha value is -2.97. The average Bonchev–Trinajstić information content (AvgIpc) is 2.71. The molecular formula is C21H20ClN3O4S. The normalized spacial score (nSPS) is 11.2. The van der Waals surface area contributed by atoms with Crippen LogP contribution in [0.4, 0.5) is 5.69 Å². The Labute approximate surface area is 180 Å². The van der Waals surface area contributed by atoms with Crippen LogP contribution in [-0.4, -0.2) is 30.9 Å². The number of para-hydroxylation sites is 2. The zero-order valence-electron chi connectivity index (χ0n) is 16.4. The number of aryl methyl sites for hydroxylation is 1. The molecule has 0 atom stereocenters. The van der Waals surface area contributed by atoms with Crippen molar-refractivity contribution in [2.45, 2.75) is 24.8 Å². The molecule has 1 amide bonds. The molecule has 7 nitrogen and oxygen atoms in total. The Kier molecular flexibility index (Phi) is 6.69. The first-order valence-electron chi connectivity index (χ1n) is 9.15. The number of carbonyl (C=O) groups is 1. The zero-order valence-corrected chi connectivity index (χ0v) is 18.0. The molecule has 0 saturated heterocycles. The van der Waals surface area contributed by atoms with E-state index in [0.29, 0.717) is 23.6 Å². The Morgan fingerprint density at radius 1 is 1.13 bits per heavy atom. The molecule has 1 aromatic heterocycles. The average molecular weight is 446 g/mol. The molecule has 0 spiro atoms. The zero-order chi connectivity index (χ0) is 21.7. The maximum absolute atomic E-state index is 12.8. The van der Waals surface area contributed by atoms with Crippen molar-refractivity contribution in [2.24, 2.45) is 0 Å². The molecule has 1 N–H and O–H groups in total. The van der Waals surface area contributed by atoms with Crippen LogP contribution in [0.25, 0.3) is 0 Å². The van der Waals surface area contributed by atoms with Crippen molar-refractivity contribution in [1.82, 2.24) is 9.97 Å². The van der Waals surface area contributed by atoms with Crippen molar-refractivity contribution >= 4 is 33.0 Å². The topological polar surface area (TPSA) is 98.2 Å². The maximum Gasteiger partial charge on any atom is 0.276 e. The van der Waals surface area contributed by atoms with Gasteiger partial charge in [-0.05, 0) is 37.1 Å². The SMILES string of the molecule is CCOc1ccccc1NC(=O)c1nc(S(=O)(=O)Cc2ccccc2C)ncc1Cl. The fraction of sp³-hybridized carbons (Fsp3) is 0.190. The first kappa shape index (κ1) is 21.7. The van der Waals surface area contributed by atoms with Crippen LogP contribution in [0.3, 0.4) is 0 Å². The number of halogens is 1. The summed E-state index contributed by atoms with van der Waals surface area (Å²) in [5.41, 5.74) is 1.65. The molecule has 0 radical (unpaired) electrons. The van der Waals surface area contributed by atoms with Gasteiger partial charge in [0.05, 0.1) is 29.3 Å². The molecule has 1 heterocycles. The molecular weight excluding hydrogens is 426 g/mol. The highest BCUT2D eigenvalue weighted by Crippen LogP contribution is 2.25. The summed E-state index contributed by atoms with van der Waals surface area (Å²) in [5.74, 6) is -0.469. The van der Waals surface area contributed by atoms with E-state index in [1.54, 1.807) is 36.4 Å². The number of hydrogen-bond acceptors (Lipinski definition) is 6. The first-order chi connectivity index (χ1) is 14.3. The third-order valence-electron chi connectivity index (χ3n) is 4.26. The lowest BCUT2D eigenvalue weighted by molar-refractivity contribution is 0.102. The van der Waals surface area contributed by atoms with Crippen molar-refractivity contribution in [1.29, 1.82) is 0 Å². The number of carbonyl (C=O) groups excluding carboxylic acids is 1. The molecule has 9 heteroatoms. The fourth-order valence-corrected chi connectivity index (χ4v) is 4.22. The van der Waals surface area contributed by atoms with Crippen molar-refractivity contribution in [2.75, 3.05) is 11.9 Å². The summed E-state index contributed by atoms with van der Waals surface area (Å²) in [6.45, 7) is 4.07. The lowest BCUT2D eigenvalue weighted by Gasteiger charge is -2.12. The summed E-state index contributed by atoms with van der Waals surface area (Å²) in [6.07, 6.45) is 1.11. The van der Waals surface area contributed by atoms with Crippen LogP contribution in [0.15, 0.2) is 59.9 Å². The van der Waals surface area contributed by atoms with Gasteiger partial charge in [-0.15, -0.1) is 0 Å². The van der Waals surface area contributed by atoms with Crippen molar-refractivity contribution in [3.05, 3.63) is 76.6 Å². The minimum Gasteiger partial charge on any atom is -0.492 e. The van der Waals surface area contributed by atoms with Crippen molar-refractivity contribution in [3.8, 4) is 5.75 Å². The van der Waals surface area contributed by atoms with E-state index < -0.39 is 20.9 Å². The van der Waals surface area contributed by atoms with Crippen molar-refractivity contribution in [3.63, 3.8) is 0 Å². The highest BCUT2D eigenvalue weighted by atomic mass is 35.5. The van der Waals surface area contributed by atoms with Gasteiger partial charge in [-0.25, -0.2) is 18.4 Å². The van der Waals surface area contributed by atoms with Gasteiger partial charge in [-0.1, -0.05) is 48.0 Å². The summed E-state index contributed by atoms with van der Waals surface area (Å²) >= 11 is 6.08. The summed E-state index contributed by atoms with van der Waals surface area (Å²) in [7, 11) is -3.88. The molecule has 30 heavy (non-hydrogen) atoms. The lowest BCUT2D eigenvalue weighted by atomic mass is 10.1. The number of rotatable bonds is 7. The van der Waals surface area contributed by atoms with Gasteiger partial charge in [0.2, 0.25) is 15.0 Å². The summed E-state index contributed by atoms with van der Waals surface area (Å²) in [5, 5.41) is 2.14. The van der Waals surface area contributed by atoms with Crippen LogP contribution < -0.4 is 10.1 Å². The number of anilines is 1. The van der Waals surface area contributed by atoms with Gasteiger partial charge >= 0.3 is 0 Å². The molecule has 0 aliphatic heterocycles. The maximum atomic E-state index is 12.8. The van der Waals surface area contributed by atoms with Crippen LogP contribution in [0.5, 0.6) is 5.75 Å². The van der Waals surface area contributed by atoms with Crippen LogP contribution in [0.1, 0.15) is 28.5 Å². The molecule has 3 rings (SSSR count). The van der Waals surface area contributed by atoms with Gasteiger partial charge < -0.3 is 10.1 Å². The number of nitrogens with zero attached hydrogens (tertiary/aromatic N) is 2. The Balaban J connectivity index is 1.90. The number of aromatic nitrogens is 2. The molecule has 0 aliphatic carbocycles. The lowest BCUT2D eigenvalue weighted by Crippen LogP contribution is -2.18. The van der Waals surface area contributed by atoms with E-state index in [2.05, 4.69) is 15.3 Å².